The number of allylic oxidation sites excluding steroid dienone is 4. The Morgan fingerprint density at radius 2 is 2.38 bits per heavy atom. The van der Waals surface area contributed by atoms with Gasteiger partial charge in [0.1, 0.15) is 0 Å². The highest BCUT2D eigenvalue weighted by Gasteiger charge is 2.30. The van der Waals surface area contributed by atoms with E-state index in [9.17, 15) is 4.79 Å². The molecular formula is C12H17ClN2O. The molecule has 1 aliphatic rings. The van der Waals surface area contributed by atoms with Gasteiger partial charge in [-0.15, -0.1) is 0 Å². The van der Waals surface area contributed by atoms with Crippen molar-refractivity contribution in [3.63, 3.8) is 0 Å². The first kappa shape index (κ1) is 12.8. The van der Waals surface area contributed by atoms with Crippen molar-refractivity contribution in [1.29, 1.82) is 0 Å². The van der Waals surface area contributed by atoms with Gasteiger partial charge in [-0.1, -0.05) is 36.4 Å². The van der Waals surface area contributed by atoms with Crippen molar-refractivity contribution in [3.8, 4) is 0 Å². The SMILES string of the molecule is C=C/C(Cl)=C\C=C\CN1C(=O)N(C)CC1C. The van der Waals surface area contributed by atoms with E-state index in [2.05, 4.69) is 6.58 Å². The highest BCUT2D eigenvalue weighted by molar-refractivity contribution is 6.31. The van der Waals surface area contributed by atoms with Crippen molar-refractivity contribution in [3.05, 3.63) is 35.9 Å². The fourth-order valence-electron chi connectivity index (χ4n) is 1.64. The minimum absolute atomic E-state index is 0.0796. The van der Waals surface area contributed by atoms with Crippen LogP contribution in [-0.2, 0) is 0 Å². The maximum absolute atomic E-state index is 11.7. The van der Waals surface area contributed by atoms with Crippen molar-refractivity contribution in [2.75, 3.05) is 20.1 Å². The quantitative estimate of drug-likeness (QED) is 0.693. The van der Waals surface area contributed by atoms with Crippen LogP contribution in [0.25, 0.3) is 0 Å². The topological polar surface area (TPSA) is 23.6 Å². The zero-order valence-corrected chi connectivity index (χ0v) is 10.4. The third-order valence-electron chi connectivity index (χ3n) is 2.53. The van der Waals surface area contributed by atoms with Gasteiger partial charge >= 0.3 is 6.03 Å². The Kier molecular flexibility index (Phi) is 4.62. The summed E-state index contributed by atoms with van der Waals surface area (Å²) < 4.78 is 0. The molecular weight excluding hydrogens is 224 g/mol. The molecule has 0 N–H and O–H groups in total. The van der Waals surface area contributed by atoms with Gasteiger partial charge in [0, 0.05) is 31.2 Å². The summed E-state index contributed by atoms with van der Waals surface area (Å²) in [6.07, 6.45) is 7.08. The van der Waals surface area contributed by atoms with E-state index in [1.54, 1.807) is 17.1 Å². The summed E-state index contributed by atoms with van der Waals surface area (Å²) >= 11 is 5.74. The Labute approximate surface area is 102 Å². The van der Waals surface area contributed by atoms with E-state index in [4.69, 9.17) is 11.6 Å². The van der Waals surface area contributed by atoms with Crippen LogP contribution in [0.1, 0.15) is 6.92 Å². The smallest absolute Gasteiger partial charge is 0.320 e. The van der Waals surface area contributed by atoms with Gasteiger partial charge in [0.15, 0.2) is 0 Å². The lowest BCUT2D eigenvalue weighted by atomic mass is 10.3. The van der Waals surface area contributed by atoms with Crippen LogP contribution < -0.4 is 0 Å². The van der Waals surface area contributed by atoms with Crippen LogP contribution in [0.15, 0.2) is 35.9 Å². The molecule has 1 atom stereocenters. The van der Waals surface area contributed by atoms with Crippen molar-refractivity contribution < 1.29 is 4.79 Å². The summed E-state index contributed by atoms with van der Waals surface area (Å²) in [5.74, 6) is 0. The molecule has 0 radical (unpaired) electrons. The van der Waals surface area contributed by atoms with Crippen LogP contribution >= 0.6 is 11.6 Å². The highest BCUT2D eigenvalue weighted by atomic mass is 35.5. The summed E-state index contributed by atoms with van der Waals surface area (Å²) in [7, 11) is 1.82. The number of halogens is 1. The Morgan fingerprint density at radius 3 is 2.88 bits per heavy atom. The van der Waals surface area contributed by atoms with Crippen LogP contribution in [0.3, 0.4) is 0 Å². The van der Waals surface area contributed by atoms with Crippen molar-refractivity contribution in [2.45, 2.75) is 13.0 Å². The third-order valence-corrected chi connectivity index (χ3v) is 2.81. The monoisotopic (exact) mass is 240 g/mol. The van der Waals surface area contributed by atoms with Crippen molar-refractivity contribution in [2.24, 2.45) is 0 Å². The van der Waals surface area contributed by atoms with Gasteiger partial charge in [-0.05, 0) is 13.0 Å². The molecule has 4 heteroatoms. The average Bonchev–Trinajstić information content (AvgIpc) is 2.49. The largest absolute Gasteiger partial charge is 0.326 e. The fraction of sp³-hybridized carbons (Fsp3) is 0.417. The van der Waals surface area contributed by atoms with E-state index >= 15 is 0 Å². The van der Waals surface area contributed by atoms with Crippen LogP contribution in [-0.4, -0.2) is 42.0 Å². The molecule has 0 aromatic carbocycles. The number of rotatable bonds is 4. The molecule has 0 saturated carbocycles. The summed E-state index contributed by atoms with van der Waals surface area (Å²) in [5, 5.41) is 0.592. The van der Waals surface area contributed by atoms with Gasteiger partial charge < -0.3 is 9.80 Å². The van der Waals surface area contributed by atoms with E-state index in [1.165, 1.54) is 0 Å². The molecule has 0 aromatic rings. The maximum atomic E-state index is 11.7. The summed E-state index contributed by atoms with van der Waals surface area (Å²) in [5.41, 5.74) is 0. The van der Waals surface area contributed by atoms with Gasteiger partial charge in [0.25, 0.3) is 0 Å². The van der Waals surface area contributed by atoms with E-state index < -0.39 is 0 Å². The molecule has 1 aliphatic heterocycles. The van der Waals surface area contributed by atoms with Gasteiger partial charge in [-0.25, -0.2) is 4.79 Å². The number of hydrogen-bond donors (Lipinski definition) is 0. The number of carbonyl (C=O) groups excluding carboxylic acids is 1. The average molecular weight is 241 g/mol. The van der Waals surface area contributed by atoms with Crippen molar-refractivity contribution >= 4 is 17.6 Å². The van der Waals surface area contributed by atoms with Crippen LogP contribution in [0.4, 0.5) is 4.79 Å². The first-order valence-corrected chi connectivity index (χ1v) is 5.60. The highest BCUT2D eigenvalue weighted by Crippen LogP contribution is 2.13. The van der Waals surface area contributed by atoms with E-state index in [0.29, 0.717) is 11.6 Å². The second-order valence-corrected chi connectivity index (χ2v) is 4.28. The van der Waals surface area contributed by atoms with E-state index in [1.807, 2.05) is 31.0 Å². The predicted molar refractivity (Wildman–Crippen MR) is 67.5 cm³/mol. The number of hydrogen-bond acceptors (Lipinski definition) is 1. The number of amides is 2. The minimum atomic E-state index is 0.0796. The molecule has 16 heavy (non-hydrogen) atoms. The standard InChI is InChI=1S/C12H17ClN2O/c1-4-11(13)7-5-6-8-15-10(2)9-14(3)12(15)16/h4-7,10H,1,8-9H2,2-3H3/b6-5+,11-7+. The number of urea groups is 1. The normalized spacial score (nSPS) is 22.3. The van der Waals surface area contributed by atoms with E-state index in [-0.39, 0.29) is 12.1 Å². The molecule has 1 rings (SSSR count). The fourth-order valence-corrected chi connectivity index (χ4v) is 1.71. The Bertz CT molecular complexity index is 336. The van der Waals surface area contributed by atoms with Crippen LogP contribution in [0, 0.1) is 0 Å². The minimum Gasteiger partial charge on any atom is -0.326 e. The lowest BCUT2D eigenvalue weighted by Gasteiger charge is -2.17. The molecule has 1 saturated heterocycles. The van der Waals surface area contributed by atoms with Gasteiger partial charge in [0.05, 0.1) is 0 Å². The molecule has 0 spiro atoms. The first-order valence-electron chi connectivity index (χ1n) is 5.22. The molecule has 2 amide bonds. The lowest BCUT2D eigenvalue weighted by Crippen LogP contribution is -2.32. The molecule has 3 nitrogen and oxygen atoms in total. The Morgan fingerprint density at radius 1 is 1.69 bits per heavy atom. The Balaban J connectivity index is 2.49. The van der Waals surface area contributed by atoms with Gasteiger partial charge in [-0.2, -0.15) is 0 Å². The Hall–Kier alpha value is -1.22. The molecule has 0 aromatic heterocycles. The zero-order valence-electron chi connectivity index (χ0n) is 9.69. The molecule has 88 valence electrons. The molecule has 1 fully saturated rings. The van der Waals surface area contributed by atoms with Crippen molar-refractivity contribution in [1.82, 2.24) is 9.80 Å². The maximum Gasteiger partial charge on any atom is 0.320 e. The summed E-state index contributed by atoms with van der Waals surface area (Å²) in [6, 6.07) is 0.344. The first-order chi connectivity index (χ1) is 7.56. The number of carbonyl (C=O) groups is 1. The second kappa shape index (κ2) is 5.75. The molecule has 1 unspecified atom stereocenters. The molecule has 0 bridgehead atoms. The lowest BCUT2D eigenvalue weighted by molar-refractivity contribution is 0.197. The third kappa shape index (κ3) is 3.14. The number of likely N-dealkylation sites (N-methyl/N-ethyl adjacent to an activating group) is 1. The zero-order chi connectivity index (χ0) is 12.1. The summed E-state index contributed by atoms with van der Waals surface area (Å²) in [4.78, 5) is 15.2. The molecule has 1 heterocycles. The second-order valence-electron chi connectivity index (χ2n) is 3.85. The molecule has 0 aliphatic carbocycles. The van der Waals surface area contributed by atoms with E-state index in [0.717, 1.165) is 6.54 Å². The number of nitrogens with zero attached hydrogens (tertiary/aromatic N) is 2. The van der Waals surface area contributed by atoms with Gasteiger partial charge in [-0.3, -0.25) is 0 Å². The van der Waals surface area contributed by atoms with Gasteiger partial charge in [0.2, 0.25) is 0 Å². The predicted octanol–water partition coefficient (Wildman–Crippen LogP) is 2.61. The van der Waals surface area contributed by atoms with Crippen LogP contribution in [0.5, 0.6) is 0 Å². The van der Waals surface area contributed by atoms with Crippen LogP contribution in [0.2, 0.25) is 0 Å². The summed E-state index contributed by atoms with van der Waals surface area (Å²) in [6.45, 7) is 6.99.